The van der Waals surface area contributed by atoms with Crippen LogP contribution in [0.2, 0.25) is 5.21 Å². The van der Waals surface area contributed by atoms with Crippen molar-refractivity contribution < 1.29 is 0 Å². The molecule has 0 aliphatic rings. The molecule has 0 atom stereocenters. The monoisotopic (exact) mass is 166 g/mol. The molecule has 0 aromatic heterocycles. The summed E-state index contributed by atoms with van der Waals surface area (Å²) in [6.07, 6.45) is 4.15. The van der Waals surface area contributed by atoms with Crippen LogP contribution in [0.15, 0.2) is 0 Å². The lowest BCUT2D eigenvalue weighted by Crippen LogP contribution is -2.20. The molecule has 0 heterocycles. The highest BCUT2D eigenvalue weighted by molar-refractivity contribution is 6.39. The standard InChI is InChI=1S/C10H24B2/c1-8(2)6-5-7-10(11,12)9(3)4/h8-9H,5-7,11-12H2,1-4H3. The molecule has 0 saturated heterocycles. The summed E-state index contributed by atoms with van der Waals surface area (Å²) in [6, 6.07) is 0. The maximum atomic E-state index is 2.39. The van der Waals surface area contributed by atoms with Crippen LogP contribution in [0.25, 0.3) is 0 Å². The van der Waals surface area contributed by atoms with Crippen LogP contribution in [0.5, 0.6) is 0 Å². The second-order valence-electron chi connectivity index (χ2n) is 5.43. The minimum atomic E-state index is 0.537. The first kappa shape index (κ1) is 12.1. The average Bonchev–Trinajstić information content (AvgIpc) is 1.85. The normalized spacial score (nSPS) is 12.8. The first-order valence-corrected chi connectivity index (χ1v) is 5.36. The Kier molecular flexibility index (Phi) is 5.04. The molecule has 0 aliphatic carbocycles. The van der Waals surface area contributed by atoms with Gasteiger partial charge < -0.3 is 0 Å². The maximum Gasteiger partial charge on any atom is 0.0995 e. The van der Waals surface area contributed by atoms with Gasteiger partial charge in [-0.3, -0.25) is 0 Å². The molecule has 0 bridgehead atoms. The maximum absolute atomic E-state index is 2.39. The van der Waals surface area contributed by atoms with Gasteiger partial charge >= 0.3 is 0 Å². The Morgan fingerprint density at radius 1 is 1.08 bits per heavy atom. The van der Waals surface area contributed by atoms with E-state index in [0.29, 0.717) is 5.21 Å². The molecule has 0 amide bonds. The zero-order chi connectivity index (χ0) is 9.78. The van der Waals surface area contributed by atoms with E-state index in [1.165, 1.54) is 19.3 Å². The van der Waals surface area contributed by atoms with Gasteiger partial charge in [0.2, 0.25) is 0 Å². The summed E-state index contributed by atoms with van der Waals surface area (Å²) in [6.45, 7) is 9.27. The van der Waals surface area contributed by atoms with Crippen LogP contribution in [0, 0.1) is 11.8 Å². The Morgan fingerprint density at radius 3 is 1.92 bits per heavy atom. The molecule has 0 rings (SSSR count). The van der Waals surface area contributed by atoms with E-state index < -0.39 is 0 Å². The number of rotatable bonds is 5. The average molecular weight is 166 g/mol. The fraction of sp³-hybridized carbons (Fsp3) is 1.00. The molecular weight excluding hydrogens is 142 g/mol. The van der Waals surface area contributed by atoms with Gasteiger partial charge in [0.05, 0.1) is 15.7 Å². The highest BCUT2D eigenvalue weighted by Crippen LogP contribution is 2.33. The Bertz CT molecular complexity index is 117. The van der Waals surface area contributed by atoms with E-state index in [9.17, 15) is 0 Å². The molecule has 0 radical (unpaired) electrons. The van der Waals surface area contributed by atoms with Gasteiger partial charge in [0.1, 0.15) is 0 Å². The molecule has 0 fully saturated rings. The van der Waals surface area contributed by atoms with Crippen molar-refractivity contribution in [3.63, 3.8) is 0 Å². The molecule has 0 saturated carbocycles. The van der Waals surface area contributed by atoms with Gasteiger partial charge in [-0.25, -0.2) is 0 Å². The fourth-order valence-electron chi connectivity index (χ4n) is 1.25. The van der Waals surface area contributed by atoms with Crippen molar-refractivity contribution in [2.75, 3.05) is 0 Å². The molecule has 0 nitrogen and oxygen atoms in total. The third kappa shape index (κ3) is 4.90. The number of hydrogen-bond donors (Lipinski definition) is 0. The van der Waals surface area contributed by atoms with Crippen molar-refractivity contribution in [3.8, 4) is 0 Å². The van der Waals surface area contributed by atoms with Gasteiger partial charge in [0.15, 0.2) is 0 Å². The summed E-state index contributed by atoms with van der Waals surface area (Å²) in [7, 11) is 4.77. The van der Waals surface area contributed by atoms with Crippen LogP contribution in [-0.4, -0.2) is 15.7 Å². The predicted molar refractivity (Wildman–Crippen MR) is 63.3 cm³/mol. The zero-order valence-electron chi connectivity index (χ0n) is 9.78. The molecule has 0 aromatic carbocycles. The Balaban J connectivity index is 3.61. The van der Waals surface area contributed by atoms with E-state index in [1.807, 2.05) is 0 Å². The van der Waals surface area contributed by atoms with Gasteiger partial charge in [-0.2, -0.15) is 0 Å². The summed E-state index contributed by atoms with van der Waals surface area (Å²) < 4.78 is 0. The van der Waals surface area contributed by atoms with Crippen LogP contribution in [-0.2, 0) is 0 Å². The zero-order valence-corrected chi connectivity index (χ0v) is 9.78. The first-order valence-electron chi connectivity index (χ1n) is 5.36. The molecular formula is C10H24B2. The van der Waals surface area contributed by atoms with Crippen molar-refractivity contribution >= 4 is 15.7 Å². The van der Waals surface area contributed by atoms with Gasteiger partial charge in [-0.1, -0.05) is 58.1 Å². The van der Waals surface area contributed by atoms with Crippen LogP contribution < -0.4 is 0 Å². The molecule has 0 spiro atoms. The Morgan fingerprint density at radius 2 is 1.58 bits per heavy atom. The Hall–Kier alpha value is 0.130. The predicted octanol–water partition coefficient (Wildman–Crippen LogP) is 1.85. The lowest BCUT2D eigenvalue weighted by atomic mass is 9.47. The largest absolute Gasteiger partial charge is 0.0995 e. The molecule has 2 heteroatoms. The smallest absolute Gasteiger partial charge is 0.0823 e. The van der Waals surface area contributed by atoms with Crippen molar-refractivity contribution in [1.29, 1.82) is 0 Å². The Labute approximate surface area is 80.3 Å². The van der Waals surface area contributed by atoms with Gasteiger partial charge in [0.25, 0.3) is 0 Å². The summed E-state index contributed by atoms with van der Waals surface area (Å²) in [5.74, 6) is 1.68. The van der Waals surface area contributed by atoms with E-state index in [-0.39, 0.29) is 0 Å². The quantitative estimate of drug-likeness (QED) is 0.546. The molecule has 0 aromatic rings. The van der Waals surface area contributed by atoms with Gasteiger partial charge in [-0.05, 0) is 5.92 Å². The number of hydrogen-bond acceptors (Lipinski definition) is 0. The summed E-state index contributed by atoms with van der Waals surface area (Å²) in [4.78, 5) is 0. The van der Waals surface area contributed by atoms with Crippen molar-refractivity contribution in [2.24, 2.45) is 11.8 Å². The van der Waals surface area contributed by atoms with E-state index >= 15 is 0 Å². The van der Waals surface area contributed by atoms with Crippen LogP contribution in [0.4, 0.5) is 0 Å². The lowest BCUT2D eigenvalue weighted by molar-refractivity contribution is 0.453. The minimum Gasteiger partial charge on any atom is -0.0823 e. The second-order valence-corrected chi connectivity index (χ2v) is 5.43. The third-order valence-electron chi connectivity index (χ3n) is 3.17. The summed E-state index contributed by atoms with van der Waals surface area (Å²) in [5.41, 5.74) is 0. The highest BCUT2D eigenvalue weighted by atomic mass is 14.2. The van der Waals surface area contributed by atoms with E-state index in [2.05, 4.69) is 43.4 Å². The van der Waals surface area contributed by atoms with E-state index in [4.69, 9.17) is 0 Å². The highest BCUT2D eigenvalue weighted by Gasteiger charge is 2.21. The van der Waals surface area contributed by atoms with E-state index in [0.717, 1.165) is 11.8 Å². The van der Waals surface area contributed by atoms with Crippen LogP contribution in [0.3, 0.4) is 0 Å². The SMILES string of the molecule is BC(B)(CCCC(C)C)C(C)C. The first-order chi connectivity index (χ1) is 5.36. The van der Waals surface area contributed by atoms with Crippen molar-refractivity contribution in [3.05, 3.63) is 0 Å². The van der Waals surface area contributed by atoms with Crippen LogP contribution in [0.1, 0.15) is 47.0 Å². The minimum absolute atomic E-state index is 0.537. The third-order valence-corrected chi connectivity index (χ3v) is 3.17. The molecule has 12 heavy (non-hydrogen) atoms. The fourth-order valence-corrected chi connectivity index (χ4v) is 1.25. The van der Waals surface area contributed by atoms with Gasteiger partial charge in [-0.15, -0.1) is 0 Å². The molecule has 0 unspecified atom stereocenters. The van der Waals surface area contributed by atoms with E-state index in [1.54, 1.807) is 0 Å². The van der Waals surface area contributed by atoms with Gasteiger partial charge in [0, 0.05) is 0 Å². The molecule has 0 N–H and O–H groups in total. The topological polar surface area (TPSA) is 0 Å². The van der Waals surface area contributed by atoms with Crippen molar-refractivity contribution in [2.45, 2.75) is 52.2 Å². The second kappa shape index (κ2) is 4.99. The summed E-state index contributed by atoms with van der Waals surface area (Å²) >= 11 is 0. The molecule has 0 aliphatic heterocycles. The summed E-state index contributed by atoms with van der Waals surface area (Å²) in [5, 5.41) is 0.537. The van der Waals surface area contributed by atoms with Crippen LogP contribution >= 0.6 is 0 Å². The lowest BCUT2D eigenvalue weighted by Gasteiger charge is -2.29. The molecule has 70 valence electrons. The van der Waals surface area contributed by atoms with Crippen molar-refractivity contribution in [1.82, 2.24) is 0 Å².